The highest BCUT2D eigenvalue weighted by atomic mass is 16.5. The van der Waals surface area contributed by atoms with Gasteiger partial charge in [-0.15, -0.1) is 0 Å². The molecule has 1 aromatic carbocycles. The number of methoxy groups -OCH3 is 1. The quantitative estimate of drug-likeness (QED) is 0.748. The normalized spacial score (nSPS) is 20.3. The molecule has 1 aromatic heterocycles. The van der Waals surface area contributed by atoms with Gasteiger partial charge in [-0.1, -0.05) is 6.07 Å². The Hall–Kier alpha value is -2.74. The topological polar surface area (TPSA) is 63.1 Å². The standard InChI is InChI=1S/C23H31N5O3/c1-30-20-5-2-4-19(16-20)26-13-11-25(12-14-26)18-6-9-27(10-7-18)22(29)21-17-24-28-8-3-15-31-23(21)28/h2,4-5,16-18H,3,6-15H2,1H3. The molecule has 0 spiro atoms. The van der Waals surface area contributed by atoms with E-state index in [0.29, 0.717) is 24.1 Å². The number of likely N-dealkylation sites (tertiary alicyclic amines) is 1. The molecule has 0 atom stereocenters. The van der Waals surface area contributed by atoms with Gasteiger partial charge in [0.05, 0.1) is 19.9 Å². The maximum atomic E-state index is 13.0. The molecule has 3 aliphatic rings. The van der Waals surface area contributed by atoms with Crippen LogP contribution in [0.4, 0.5) is 5.69 Å². The summed E-state index contributed by atoms with van der Waals surface area (Å²) in [6.45, 7) is 7.23. The molecule has 31 heavy (non-hydrogen) atoms. The van der Waals surface area contributed by atoms with Crippen molar-refractivity contribution < 1.29 is 14.3 Å². The van der Waals surface area contributed by atoms with Crippen LogP contribution in [-0.4, -0.2) is 84.5 Å². The van der Waals surface area contributed by atoms with Gasteiger partial charge in [-0.3, -0.25) is 9.69 Å². The summed E-state index contributed by atoms with van der Waals surface area (Å²) >= 11 is 0. The predicted molar refractivity (Wildman–Crippen MR) is 118 cm³/mol. The van der Waals surface area contributed by atoms with E-state index in [1.807, 2.05) is 15.6 Å². The first kappa shape index (κ1) is 20.2. The number of piperazine rings is 1. The van der Waals surface area contributed by atoms with Gasteiger partial charge in [-0.05, 0) is 25.0 Å². The zero-order valence-corrected chi connectivity index (χ0v) is 18.2. The molecular weight excluding hydrogens is 394 g/mol. The van der Waals surface area contributed by atoms with E-state index in [-0.39, 0.29) is 5.91 Å². The second-order valence-corrected chi connectivity index (χ2v) is 8.54. The van der Waals surface area contributed by atoms with Crippen molar-refractivity contribution in [3.8, 4) is 11.6 Å². The molecule has 4 heterocycles. The first-order chi connectivity index (χ1) is 15.2. The number of anilines is 1. The molecule has 0 aliphatic carbocycles. The Balaban J connectivity index is 1.14. The summed E-state index contributed by atoms with van der Waals surface area (Å²) in [5, 5.41) is 4.33. The highest BCUT2D eigenvalue weighted by Crippen LogP contribution is 2.27. The van der Waals surface area contributed by atoms with E-state index < -0.39 is 0 Å². The van der Waals surface area contributed by atoms with E-state index in [9.17, 15) is 4.79 Å². The van der Waals surface area contributed by atoms with Gasteiger partial charge in [-0.25, -0.2) is 4.68 Å². The van der Waals surface area contributed by atoms with E-state index in [0.717, 1.165) is 70.8 Å². The number of nitrogens with zero attached hydrogens (tertiary/aromatic N) is 5. The molecule has 1 amide bonds. The fraction of sp³-hybridized carbons (Fsp3) is 0.565. The maximum Gasteiger partial charge on any atom is 0.260 e. The van der Waals surface area contributed by atoms with Crippen LogP contribution in [0, 0.1) is 0 Å². The summed E-state index contributed by atoms with van der Waals surface area (Å²) in [7, 11) is 1.71. The monoisotopic (exact) mass is 425 g/mol. The van der Waals surface area contributed by atoms with Crippen LogP contribution in [0.15, 0.2) is 30.5 Å². The fourth-order valence-electron chi connectivity index (χ4n) is 4.97. The lowest BCUT2D eigenvalue weighted by atomic mass is 10.0. The SMILES string of the molecule is COc1cccc(N2CCN(C3CCN(C(=O)c4cnn5c4OCCC5)CC3)CC2)c1. The summed E-state index contributed by atoms with van der Waals surface area (Å²) in [6, 6.07) is 8.85. The zero-order chi connectivity index (χ0) is 21.2. The van der Waals surface area contributed by atoms with Crippen LogP contribution in [0.25, 0.3) is 0 Å². The number of carbonyl (C=O) groups excluding carboxylic acids is 1. The van der Waals surface area contributed by atoms with Gasteiger partial charge in [0.2, 0.25) is 5.88 Å². The third-order valence-electron chi connectivity index (χ3n) is 6.78. The predicted octanol–water partition coefficient (Wildman–Crippen LogP) is 2.10. The lowest BCUT2D eigenvalue weighted by Gasteiger charge is -2.43. The van der Waals surface area contributed by atoms with Crippen LogP contribution in [-0.2, 0) is 6.54 Å². The molecule has 0 N–H and O–H groups in total. The van der Waals surface area contributed by atoms with Gasteiger partial charge in [0.25, 0.3) is 5.91 Å². The van der Waals surface area contributed by atoms with Crippen molar-refractivity contribution in [2.75, 3.05) is 57.9 Å². The van der Waals surface area contributed by atoms with E-state index in [1.54, 1.807) is 13.3 Å². The molecule has 0 radical (unpaired) electrons. The molecule has 166 valence electrons. The Labute approximate surface area is 183 Å². The number of carbonyl (C=O) groups is 1. The number of aromatic nitrogens is 2. The van der Waals surface area contributed by atoms with Crippen LogP contribution in [0.2, 0.25) is 0 Å². The van der Waals surface area contributed by atoms with E-state index in [1.165, 1.54) is 5.69 Å². The molecule has 0 saturated carbocycles. The van der Waals surface area contributed by atoms with Crippen molar-refractivity contribution in [1.82, 2.24) is 19.6 Å². The lowest BCUT2D eigenvalue weighted by Crippen LogP contribution is -2.53. The molecule has 2 fully saturated rings. The third-order valence-corrected chi connectivity index (χ3v) is 6.78. The zero-order valence-electron chi connectivity index (χ0n) is 18.2. The van der Waals surface area contributed by atoms with Gasteiger partial charge < -0.3 is 19.3 Å². The summed E-state index contributed by atoms with van der Waals surface area (Å²) in [4.78, 5) is 20.0. The Morgan fingerprint density at radius 1 is 1.10 bits per heavy atom. The number of hydrogen-bond donors (Lipinski definition) is 0. The number of rotatable bonds is 4. The van der Waals surface area contributed by atoms with Gasteiger partial charge in [-0.2, -0.15) is 5.10 Å². The number of aryl methyl sites for hydroxylation is 1. The van der Waals surface area contributed by atoms with Crippen molar-refractivity contribution in [3.05, 3.63) is 36.0 Å². The van der Waals surface area contributed by atoms with Crippen molar-refractivity contribution in [1.29, 1.82) is 0 Å². The number of fused-ring (bicyclic) bond motifs is 1. The number of piperidine rings is 1. The molecule has 0 bridgehead atoms. The number of hydrogen-bond acceptors (Lipinski definition) is 6. The van der Waals surface area contributed by atoms with E-state index >= 15 is 0 Å². The molecule has 0 unspecified atom stereocenters. The molecule has 2 saturated heterocycles. The van der Waals surface area contributed by atoms with Crippen LogP contribution < -0.4 is 14.4 Å². The van der Waals surface area contributed by atoms with E-state index in [2.05, 4.69) is 33.1 Å². The van der Waals surface area contributed by atoms with Crippen LogP contribution >= 0.6 is 0 Å². The van der Waals surface area contributed by atoms with Gasteiger partial charge in [0.15, 0.2) is 0 Å². The Kier molecular flexibility index (Phi) is 5.72. The van der Waals surface area contributed by atoms with Crippen molar-refractivity contribution in [2.24, 2.45) is 0 Å². The maximum absolute atomic E-state index is 13.0. The minimum Gasteiger partial charge on any atom is -0.497 e. The highest BCUT2D eigenvalue weighted by molar-refractivity contribution is 5.96. The Bertz CT molecular complexity index is 914. The summed E-state index contributed by atoms with van der Waals surface area (Å²) < 4.78 is 12.9. The first-order valence-electron chi connectivity index (χ1n) is 11.3. The molecule has 8 nitrogen and oxygen atoms in total. The molecule has 8 heteroatoms. The summed E-state index contributed by atoms with van der Waals surface area (Å²) in [5.41, 5.74) is 1.84. The van der Waals surface area contributed by atoms with Crippen LogP contribution in [0.1, 0.15) is 29.6 Å². The molecule has 3 aliphatic heterocycles. The average Bonchev–Trinajstić information content (AvgIpc) is 3.28. The van der Waals surface area contributed by atoms with Gasteiger partial charge in [0, 0.05) is 70.0 Å². The number of ether oxygens (including phenoxy) is 2. The van der Waals surface area contributed by atoms with E-state index in [4.69, 9.17) is 9.47 Å². The highest BCUT2D eigenvalue weighted by Gasteiger charge is 2.32. The smallest absolute Gasteiger partial charge is 0.260 e. The largest absolute Gasteiger partial charge is 0.497 e. The minimum absolute atomic E-state index is 0.0597. The second kappa shape index (κ2) is 8.78. The average molecular weight is 426 g/mol. The first-order valence-corrected chi connectivity index (χ1v) is 11.3. The molecular formula is C23H31N5O3. The van der Waals surface area contributed by atoms with Crippen molar-refractivity contribution in [2.45, 2.75) is 31.8 Å². The number of amides is 1. The molecule has 5 rings (SSSR count). The van der Waals surface area contributed by atoms with Crippen molar-refractivity contribution >= 4 is 11.6 Å². The third kappa shape index (κ3) is 4.08. The Morgan fingerprint density at radius 3 is 2.68 bits per heavy atom. The molecule has 2 aromatic rings. The lowest BCUT2D eigenvalue weighted by molar-refractivity contribution is 0.0605. The second-order valence-electron chi connectivity index (χ2n) is 8.54. The van der Waals surface area contributed by atoms with Gasteiger partial charge in [0.1, 0.15) is 11.3 Å². The Morgan fingerprint density at radius 2 is 1.90 bits per heavy atom. The summed E-state index contributed by atoms with van der Waals surface area (Å²) in [5.74, 6) is 1.61. The minimum atomic E-state index is 0.0597. The fourth-order valence-corrected chi connectivity index (χ4v) is 4.97. The van der Waals surface area contributed by atoms with Crippen LogP contribution in [0.5, 0.6) is 11.6 Å². The van der Waals surface area contributed by atoms with Crippen LogP contribution in [0.3, 0.4) is 0 Å². The van der Waals surface area contributed by atoms with Gasteiger partial charge >= 0.3 is 0 Å². The van der Waals surface area contributed by atoms with Crippen molar-refractivity contribution in [3.63, 3.8) is 0 Å². The number of benzene rings is 1. The summed E-state index contributed by atoms with van der Waals surface area (Å²) in [6.07, 6.45) is 4.66.